The Hall–Kier alpha value is -2.58. The molecule has 1 heterocycles. The van der Waals surface area contributed by atoms with Gasteiger partial charge in [0, 0.05) is 9.58 Å². The van der Waals surface area contributed by atoms with Crippen LogP contribution in [0.4, 0.5) is 0 Å². The Morgan fingerprint density at radius 2 is 1.76 bits per heavy atom. The fourth-order valence-electron chi connectivity index (χ4n) is 2.44. The van der Waals surface area contributed by atoms with Crippen molar-refractivity contribution in [2.24, 2.45) is 0 Å². The summed E-state index contributed by atoms with van der Waals surface area (Å²) in [5.41, 5.74) is 1.18. The maximum atomic E-state index is 5.92. The third kappa shape index (κ3) is 5.20. The highest BCUT2D eigenvalue weighted by atomic mass is 32.1. The van der Waals surface area contributed by atoms with Crippen molar-refractivity contribution in [3.8, 4) is 5.75 Å². The molecule has 0 N–H and O–H groups in total. The van der Waals surface area contributed by atoms with Gasteiger partial charge in [-0.15, -0.1) is 11.3 Å². The Kier molecular flexibility index (Phi) is 6.24. The van der Waals surface area contributed by atoms with E-state index in [-0.39, 0.29) is 0 Å². The second-order valence-electron chi connectivity index (χ2n) is 5.70. The zero-order chi connectivity index (χ0) is 17.3. The third-order valence-electron chi connectivity index (χ3n) is 3.72. The molecule has 0 aliphatic rings. The summed E-state index contributed by atoms with van der Waals surface area (Å²) < 4.78 is 7.17. The van der Waals surface area contributed by atoms with Crippen LogP contribution < -0.4 is 4.74 Å². The highest BCUT2D eigenvalue weighted by Gasteiger charge is 2.02. The lowest BCUT2D eigenvalue weighted by Crippen LogP contribution is -1.94. The molecular weight excluding hydrogens is 324 g/mol. The van der Waals surface area contributed by atoms with Crippen molar-refractivity contribution in [3.63, 3.8) is 0 Å². The van der Waals surface area contributed by atoms with E-state index in [9.17, 15) is 0 Å². The molecule has 2 aromatic carbocycles. The molecule has 0 aliphatic carbocycles. The molecule has 3 aromatic rings. The van der Waals surface area contributed by atoms with E-state index in [1.54, 1.807) is 11.3 Å². The van der Waals surface area contributed by atoms with Crippen molar-refractivity contribution in [1.29, 1.82) is 0 Å². The Morgan fingerprint density at radius 3 is 2.60 bits per heavy atom. The van der Waals surface area contributed by atoms with Gasteiger partial charge in [0.25, 0.3) is 0 Å². The van der Waals surface area contributed by atoms with Crippen molar-refractivity contribution >= 4 is 27.5 Å². The molecule has 0 atom stereocenters. The Bertz CT molecular complexity index is 885. The van der Waals surface area contributed by atoms with E-state index in [2.05, 4.69) is 73.7 Å². The summed E-state index contributed by atoms with van der Waals surface area (Å²) >= 11 is 1.78. The van der Waals surface area contributed by atoms with E-state index in [0.717, 1.165) is 12.2 Å². The molecular formula is C23H22OS. The standard InChI is InChI=1S/C23H22OS/c1-2-3-4-5-6-10-13-22-16-20-14-15-21(17-23(20)25-22)24-18-19-11-8-7-9-12-19/h3-17H,2,18H2,1H3/b4-3-,6-5-,13-10+. The van der Waals surface area contributed by atoms with E-state index in [1.165, 1.54) is 20.5 Å². The number of ether oxygens (including phenoxy) is 1. The second kappa shape index (κ2) is 9.05. The quantitative estimate of drug-likeness (QED) is 0.418. The first-order chi connectivity index (χ1) is 12.3. The summed E-state index contributed by atoms with van der Waals surface area (Å²) in [5.74, 6) is 0.915. The summed E-state index contributed by atoms with van der Waals surface area (Å²) in [6.45, 7) is 2.73. The van der Waals surface area contributed by atoms with Gasteiger partial charge in [-0.1, -0.05) is 67.6 Å². The van der Waals surface area contributed by atoms with E-state index >= 15 is 0 Å². The van der Waals surface area contributed by atoms with Crippen LogP contribution in [0.1, 0.15) is 23.8 Å². The molecule has 25 heavy (non-hydrogen) atoms. The fraction of sp³-hybridized carbons (Fsp3) is 0.130. The molecule has 126 valence electrons. The lowest BCUT2D eigenvalue weighted by atomic mass is 10.2. The molecule has 1 nitrogen and oxygen atoms in total. The van der Waals surface area contributed by atoms with Crippen LogP contribution in [-0.2, 0) is 6.61 Å². The summed E-state index contributed by atoms with van der Waals surface area (Å²) in [6.07, 6.45) is 13.6. The lowest BCUT2D eigenvalue weighted by molar-refractivity contribution is 0.306. The predicted molar refractivity (Wildman–Crippen MR) is 110 cm³/mol. The van der Waals surface area contributed by atoms with Gasteiger partial charge in [-0.25, -0.2) is 0 Å². The van der Waals surface area contributed by atoms with Crippen LogP contribution in [0.25, 0.3) is 16.2 Å². The van der Waals surface area contributed by atoms with E-state index < -0.39 is 0 Å². The Morgan fingerprint density at radius 1 is 0.920 bits per heavy atom. The molecule has 0 saturated carbocycles. The van der Waals surface area contributed by atoms with Crippen LogP contribution in [-0.4, -0.2) is 0 Å². The van der Waals surface area contributed by atoms with Crippen LogP contribution in [0.3, 0.4) is 0 Å². The maximum absolute atomic E-state index is 5.92. The van der Waals surface area contributed by atoms with Gasteiger partial charge in [-0.05, 0) is 47.7 Å². The minimum Gasteiger partial charge on any atom is -0.489 e. The highest BCUT2D eigenvalue weighted by molar-refractivity contribution is 7.19. The van der Waals surface area contributed by atoms with Gasteiger partial charge < -0.3 is 4.74 Å². The van der Waals surface area contributed by atoms with Gasteiger partial charge in [-0.2, -0.15) is 0 Å². The largest absolute Gasteiger partial charge is 0.489 e. The number of hydrogen-bond donors (Lipinski definition) is 0. The van der Waals surface area contributed by atoms with Crippen LogP contribution in [0, 0.1) is 0 Å². The Labute approximate surface area is 153 Å². The molecule has 0 fully saturated rings. The predicted octanol–water partition coefficient (Wildman–Crippen LogP) is 7.02. The van der Waals surface area contributed by atoms with Crippen molar-refractivity contribution < 1.29 is 4.74 Å². The number of thiophene rings is 1. The molecule has 0 unspecified atom stereocenters. The first kappa shape index (κ1) is 17.2. The maximum Gasteiger partial charge on any atom is 0.121 e. The molecule has 0 bridgehead atoms. The normalized spacial score (nSPS) is 12.0. The summed E-state index contributed by atoms with van der Waals surface area (Å²) in [4.78, 5) is 1.25. The molecule has 0 spiro atoms. The molecule has 0 amide bonds. The summed E-state index contributed by atoms with van der Waals surface area (Å²) in [5, 5.41) is 1.26. The van der Waals surface area contributed by atoms with Crippen molar-refractivity contribution in [1.82, 2.24) is 0 Å². The summed E-state index contributed by atoms with van der Waals surface area (Å²) in [6, 6.07) is 18.8. The first-order valence-corrected chi connectivity index (χ1v) is 9.37. The molecule has 0 radical (unpaired) electrons. The Balaban J connectivity index is 1.65. The lowest BCUT2D eigenvalue weighted by Gasteiger charge is -2.06. The molecule has 1 aromatic heterocycles. The zero-order valence-electron chi connectivity index (χ0n) is 14.4. The van der Waals surface area contributed by atoms with Crippen LogP contribution in [0.15, 0.2) is 85.0 Å². The third-order valence-corrected chi connectivity index (χ3v) is 4.79. The topological polar surface area (TPSA) is 9.23 Å². The molecule has 0 saturated heterocycles. The summed E-state index contributed by atoms with van der Waals surface area (Å²) in [7, 11) is 0. The first-order valence-electron chi connectivity index (χ1n) is 8.55. The molecule has 3 rings (SSSR count). The molecule has 2 heteroatoms. The number of rotatable bonds is 7. The minimum absolute atomic E-state index is 0.598. The average molecular weight is 346 g/mol. The van der Waals surface area contributed by atoms with Gasteiger partial charge in [0.05, 0.1) is 0 Å². The number of allylic oxidation sites excluding steroid dienone is 5. The average Bonchev–Trinajstić information content (AvgIpc) is 3.06. The van der Waals surface area contributed by atoms with Crippen LogP contribution in [0.5, 0.6) is 5.75 Å². The number of fused-ring (bicyclic) bond motifs is 1. The van der Waals surface area contributed by atoms with E-state index in [0.29, 0.717) is 6.61 Å². The number of hydrogen-bond acceptors (Lipinski definition) is 2. The number of benzene rings is 2. The minimum atomic E-state index is 0.598. The molecule has 0 aliphatic heterocycles. The van der Waals surface area contributed by atoms with E-state index in [4.69, 9.17) is 4.74 Å². The highest BCUT2D eigenvalue weighted by Crippen LogP contribution is 2.30. The van der Waals surface area contributed by atoms with Gasteiger partial charge in [0.2, 0.25) is 0 Å². The van der Waals surface area contributed by atoms with Crippen LogP contribution in [0.2, 0.25) is 0 Å². The second-order valence-corrected chi connectivity index (χ2v) is 6.82. The van der Waals surface area contributed by atoms with Gasteiger partial charge in [0.15, 0.2) is 0 Å². The van der Waals surface area contributed by atoms with Gasteiger partial charge >= 0.3 is 0 Å². The zero-order valence-corrected chi connectivity index (χ0v) is 15.2. The van der Waals surface area contributed by atoms with Gasteiger partial charge in [-0.3, -0.25) is 0 Å². The van der Waals surface area contributed by atoms with E-state index in [1.807, 2.05) is 24.3 Å². The smallest absolute Gasteiger partial charge is 0.121 e. The monoisotopic (exact) mass is 346 g/mol. The van der Waals surface area contributed by atoms with Crippen molar-refractivity contribution in [3.05, 3.63) is 95.4 Å². The van der Waals surface area contributed by atoms with Crippen molar-refractivity contribution in [2.75, 3.05) is 0 Å². The fourth-order valence-corrected chi connectivity index (χ4v) is 3.44. The van der Waals surface area contributed by atoms with Gasteiger partial charge in [0.1, 0.15) is 12.4 Å². The van der Waals surface area contributed by atoms with Crippen LogP contribution >= 0.6 is 11.3 Å². The van der Waals surface area contributed by atoms with Crippen molar-refractivity contribution in [2.45, 2.75) is 20.0 Å². The SMILES string of the molecule is CC\C=C/C=C\C=C\c1cc2ccc(OCc3ccccc3)cc2s1.